The second-order valence-electron chi connectivity index (χ2n) is 4.18. The van der Waals surface area contributed by atoms with E-state index in [4.69, 9.17) is 0 Å². The van der Waals surface area contributed by atoms with E-state index in [1.54, 1.807) is 0 Å². The monoisotopic (exact) mass is 303 g/mol. The van der Waals surface area contributed by atoms with Gasteiger partial charge in [-0.15, -0.1) is 0 Å². The van der Waals surface area contributed by atoms with E-state index in [-0.39, 0.29) is 5.56 Å². The molecule has 0 aliphatic heterocycles. The summed E-state index contributed by atoms with van der Waals surface area (Å²) >= 11 is 0. The molecule has 0 atom stereocenters. The quantitative estimate of drug-likeness (QED) is 0.513. The van der Waals surface area contributed by atoms with Gasteiger partial charge in [0.15, 0.2) is 5.75 Å². The summed E-state index contributed by atoms with van der Waals surface area (Å²) in [5.41, 5.74) is 1.75. The SMILES string of the molecule is O=C(N/N=C\c1ccc(O)c([N+](=O)[O-])c1)c1ccccc1F. The first-order valence-corrected chi connectivity index (χ1v) is 6.04. The van der Waals surface area contributed by atoms with Gasteiger partial charge < -0.3 is 5.11 Å². The van der Waals surface area contributed by atoms with Gasteiger partial charge in [0.25, 0.3) is 5.91 Å². The Balaban J connectivity index is 2.10. The summed E-state index contributed by atoms with van der Waals surface area (Å²) in [4.78, 5) is 21.6. The molecule has 0 saturated heterocycles. The van der Waals surface area contributed by atoms with Gasteiger partial charge in [-0.2, -0.15) is 5.10 Å². The number of carbonyl (C=O) groups is 1. The zero-order chi connectivity index (χ0) is 16.1. The molecule has 0 saturated carbocycles. The van der Waals surface area contributed by atoms with Crippen LogP contribution < -0.4 is 5.43 Å². The van der Waals surface area contributed by atoms with E-state index in [0.717, 1.165) is 24.4 Å². The molecular formula is C14H10FN3O4. The van der Waals surface area contributed by atoms with Gasteiger partial charge in [0.05, 0.1) is 16.7 Å². The number of carbonyl (C=O) groups excluding carboxylic acids is 1. The third-order valence-corrected chi connectivity index (χ3v) is 2.69. The largest absolute Gasteiger partial charge is 0.502 e. The lowest BCUT2D eigenvalue weighted by molar-refractivity contribution is -0.385. The number of nitrogens with zero attached hydrogens (tertiary/aromatic N) is 2. The second kappa shape index (κ2) is 6.44. The fourth-order valence-electron chi connectivity index (χ4n) is 1.64. The minimum Gasteiger partial charge on any atom is -0.502 e. The highest BCUT2D eigenvalue weighted by atomic mass is 19.1. The Kier molecular flexibility index (Phi) is 4.42. The first-order chi connectivity index (χ1) is 10.5. The van der Waals surface area contributed by atoms with Crippen molar-refractivity contribution in [3.05, 3.63) is 69.5 Å². The van der Waals surface area contributed by atoms with Gasteiger partial charge in [-0.3, -0.25) is 14.9 Å². The molecule has 7 nitrogen and oxygen atoms in total. The Labute approximate surface area is 123 Å². The average Bonchev–Trinajstić information content (AvgIpc) is 2.49. The number of nitro groups is 1. The van der Waals surface area contributed by atoms with E-state index in [9.17, 15) is 24.4 Å². The number of hydrazone groups is 1. The van der Waals surface area contributed by atoms with Crippen LogP contribution in [0.25, 0.3) is 0 Å². The molecule has 2 rings (SSSR count). The summed E-state index contributed by atoms with van der Waals surface area (Å²) in [7, 11) is 0. The number of amides is 1. The molecule has 8 heteroatoms. The Hall–Kier alpha value is -3.29. The Morgan fingerprint density at radius 3 is 2.73 bits per heavy atom. The topological polar surface area (TPSA) is 105 Å². The van der Waals surface area contributed by atoms with Gasteiger partial charge in [0.2, 0.25) is 0 Å². The number of phenolic OH excluding ortho intramolecular Hbond substituents is 1. The lowest BCUT2D eigenvalue weighted by Crippen LogP contribution is -2.18. The third-order valence-electron chi connectivity index (χ3n) is 2.69. The van der Waals surface area contributed by atoms with Crippen molar-refractivity contribution in [2.45, 2.75) is 0 Å². The number of benzene rings is 2. The molecule has 0 heterocycles. The van der Waals surface area contributed by atoms with Crippen molar-refractivity contribution in [3.8, 4) is 5.75 Å². The molecule has 112 valence electrons. The molecule has 0 fully saturated rings. The molecule has 0 aliphatic carbocycles. The van der Waals surface area contributed by atoms with E-state index < -0.39 is 28.1 Å². The van der Waals surface area contributed by atoms with E-state index in [0.29, 0.717) is 5.56 Å². The molecule has 0 bridgehead atoms. The van der Waals surface area contributed by atoms with E-state index >= 15 is 0 Å². The summed E-state index contributed by atoms with van der Waals surface area (Å²) in [5, 5.41) is 23.6. The first-order valence-electron chi connectivity index (χ1n) is 6.04. The molecule has 0 aromatic heterocycles. The highest BCUT2D eigenvalue weighted by Gasteiger charge is 2.13. The zero-order valence-electron chi connectivity index (χ0n) is 11.1. The average molecular weight is 303 g/mol. The molecule has 2 aromatic rings. The number of nitro benzene ring substituents is 1. The minimum absolute atomic E-state index is 0.170. The van der Waals surface area contributed by atoms with Crippen molar-refractivity contribution >= 4 is 17.8 Å². The van der Waals surface area contributed by atoms with Crippen LogP contribution in [0.4, 0.5) is 10.1 Å². The van der Waals surface area contributed by atoms with Gasteiger partial charge >= 0.3 is 5.69 Å². The molecule has 2 N–H and O–H groups in total. The summed E-state index contributed by atoms with van der Waals surface area (Å²) in [5.74, 6) is -1.91. The number of phenols is 1. The van der Waals surface area contributed by atoms with E-state index in [1.165, 1.54) is 24.3 Å². The normalized spacial score (nSPS) is 10.6. The fraction of sp³-hybridized carbons (Fsp3) is 0. The Bertz CT molecular complexity index is 762. The Morgan fingerprint density at radius 2 is 2.05 bits per heavy atom. The summed E-state index contributed by atoms with van der Waals surface area (Å²) in [6, 6.07) is 9.00. The third kappa shape index (κ3) is 3.42. The van der Waals surface area contributed by atoms with Crippen molar-refractivity contribution < 1.29 is 19.2 Å². The number of aromatic hydroxyl groups is 1. The van der Waals surface area contributed by atoms with Crippen molar-refractivity contribution in [3.63, 3.8) is 0 Å². The fourth-order valence-corrected chi connectivity index (χ4v) is 1.64. The molecule has 0 radical (unpaired) electrons. The summed E-state index contributed by atoms with van der Waals surface area (Å²) in [6.45, 7) is 0. The van der Waals surface area contributed by atoms with Crippen molar-refractivity contribution in [1.29, 1.82) is 0 Å². The van der Waals surface area contributed by atoms with Crippen LogP contribution in [0.3, 0.4) is 0 Å². The molecule has 1 amide bonds. The molecule has 0 aliphatic rings. The van der Waals surface area contributed by atoms with Crippen LogP contribution in [0.15, 0.2) is 47.6 Å². The van der Waals surface area contributed by atoms with Gasteiger partial charge in [-0.1, -0.05) is 12.1 Å². The maximum atomic E-state index is 13.4. The van der Waals surface area contributed by atoms with E-state index in [1.807, 2.05) is 0 Å². The highest BCUT2D eigenvalue weighted by Crippen LogP contribution is 2.25. The number of nitrogens with one attached hydrogen (secondary N) is 1. The summed E-state index contributed by atoms with van der Waals surface area (Å²) in [6.07, 6.45) is 1.14. The van der Waals surface area contributed by atoms with Crippen LogP contribution in [-0.2, 0) is 0 Å². The molecule has 0 spiro atoms. The molecular weight excluding hydrogens is 293 g/mol. The van der Waals surface area contributed by atoms with E-state index in [2.05, 4.69) is 10.5 Å². The standard InChI is InChI=1S/C14H10FN3O4/c15-11-4-2-1-3-10(11)14(20)17-16-8-9-5-6-13(19)12(7-9)18(21)22/h1-8,19H,(H,17,20)/b16-8-. The number of hydrogen-bond acceptors (Lipinski definition) is 5. The van der Waals surface area contributed by atoms with Gasteiger partial charge in [-0.05, 0) is 24.3 Å². The van der Waals surface area contributed by atoms with Crippen molar-refractivity contribution in [1.82, 2.24) is 5.43 Å². The number of halogens is 1. The maximum Gasteiger partial charge on any atom is 0.311 e. The maximum absolute atomic E-state index is 13.4. The van der Waals surface area contributed by atoms with Crippen LogP contribution in [0.5, 0.6) is 5.75 Å². The zero-order valence-corrected chi connectivity index (χ0v) is 11.1. The van der Waals surface area contributed by atoms with Gasteiger partial charge in [0, 0.05) is 11.6 Å². The lowest BCUT2D eigenvalue weighted by atomic mass is 10.2. The van der Waals surface area contributed by atoms with Crippen molar-refractivity contribution in [2.75, 3.05) is 0 Å². The summed E-state index contributed by atoms with van der Waals surface area (Å²) < 4.78 is 13.4. The predicted molar refractivity (Wildman–Crippen MR) is 76.2 cm³/mol. The Morgan fingerprint density at radius 1 is 1.32 bits per heavy atom. The molecule has 0 unspecified atom stereocenters. The second-order valence-corrected chi connectivity index (χ2v) is 4.18. The lowest BCUT2D eigenvalue weighted by Gasteiger charge is -2.01. The van der Waals surface area contributed by atoms with Crippen LogP contribution >= 0.6 is 0 Å². The van der Waals surface area contributed by atoms with Crippen LogP contribution in [0, 0.1) is 15.9 Å². The van der Waals surface area contributed by atoms with Crippen molar-refractivity contribution in [2.24, 2.45) is 5.10 Å². The number of rotatable bonds is 4. The highest BCUT2D eigenvalue weighted by molar-refractivity contribution is 5.95. The van der Waals surface area contributed by atoms with Gasteiger partial charge in [-0.25, -0.2) is 9.82 Å². The predicted octanol–water partition coefficient (Wildman–Crippen LogP) is 2.20. The minimum atomic E-state index is -0.748. The smallest absolute Gasteiger partial charge is 0.311 e. The van der Waals surface area contributed by atoms with Crippen LogP contribution in [-0.4, -0.2) is 22.2 Å². The van der Waals surface area contributed by atoms with Crippen LogP contribution in [0.1, 0.15) is 15.9 Å². The van der Waals surface area contributed by atoms with Gasteiger partial charge in [0.1, 0.15) is 5.82 Å². The molecule has 2 aromatic carbocycles. The first kappa shape index (κ1) is 15.1. The molecule has 22 heavy (non-hydrogen) atoms. The number of hydrogen-bond donors (Lipinski definition) is 2. The van der Waals surface area contributed by atoms with Crippen LogP contribution in [0.2, 0.25) is 0 Å².